The van der Waals surface area contributed by atoms with E-state index >= 15 is 0 Å². The highest BCUT2D eigenvalue weighted by Gasteiger charge is 2.30. The average molecular weight is 417 g/mol. The second-order valence-electron chi connectivity index (χ2n) is 7.79. The van der Waals surface area contributed by atoms with Crippen LogP contribution in [0, 0.1) is 13.8 Å². The molecule has 2 N–H and O–H groups in total. The lowest BCUT2D eigenvalue weighted by Gasteiger charge is -2.32. The number of alkyl carbamates (subject to hydrolysis) is 1. The molecule has 2 rings (SSSR count). The molecule has 1 aliphatic rings. The molecule has 0 saturated carbocycles. The lowest BCUT2D eigenvalue weighted by Crippen LogP contribution is -2.49. The summed E-state index contributed by atoms with van der Waals surface area (Å²) in [5, 5.41) is 6.11. The summed E-state index contributed by atoms with van der Waals surface area (Å²) in [4.78, 5) is 25.5. The number of carbonyl (C=O) groups is 2. The van der Waals surface area contributed by atoms with Gasteiger partial charge in [0.1, 0.15) is 22.7 Å². The van der Waals surface area contributed by atoms with E-state index in [0.29, 0.717) is 31.6 Å². The first kappa shape index (κ1) is 22.2. The number of nitrogens with one attached hydrogen (secondary N) is 2. The van der Waals surface area contributed by atoms with Gasteiger partial charge < -0.3 is 19.5 Å². The standard InChI is InChI=1S/C17H28N4O6S/c1-11-15(12(2)27-19-11)28(24,25)20-13-6-8-21(9-7-13)14(22)10-18-16(23)26-17(3,4)5/h13,20H,6-10H2,1-5H3,(H,18,23). The summed E-state index contributed by atoms with van der Waals surface area (Å²) in [5.41, 5.74) is -0.324. The Morgan fingerprint density at radius 1 is 1.25 bits per heavy atom. The Hall–Kier alpha value is -2.14. The molecule has 1 fully saturated rings. The maximum atomic E-state index is 12.6. The minimum absolute atomic E-state index is 0.0626. The van der Waals surface area contributed by atoms with E-state index in [0.717, 1.165) is 0 Å². The van der Waals surface area contributed by atoms with E-state index in [1.807, 2.05) is 0 Å². The van der Waals surface area contributed by atoms with Crippen LogP contribution in [0.5, 0.6) is 0 Å². The number of aryl methyl sites for hydroxylation is 2. The molecule has 1 saturated heterocycles. The van der Waals surface area contributed by atoms with Gasteiger partial charge in [0.15, 0.2) is 5.76 Å². The normalized spacial score (nSPS) is 16.1. The van der Waals surface area contributed by atoms with E-state index in [-0.39, 0.29) is 29.1 Å². The lowest BCUT2D eigenvalue weighted by molar-refractivity contribution is -0.131. The second-order valence-corrected chi connectivity index (χ2v) is 9.44. The number of likely N-dealkylation sites (tertiary alicyclic amines) is 1. The van der Waals surface area contributed by atoms with Gasteiger partial charge in [-0.2, -0.15) is 0 Å². The molecule has 0 bridgehead atoms. The minimum Gasteiger partial charge on any atom is -0.444 e. The third-order valence-electron chi connectivity index (χ3n) is 4.19. The highest BCUT2D eigenvalue weighted by atomic mass is 32.2. The van der Waals surface area contributed by atoms with Crippen molar-refractivity contribution in [3.8, 4) is 0 Å². The number of amides is 2. The number of hydrogen-bond acceptors (Lipinski definition) is 7. The number of ether oxygens (including phenoxy) is 1. The molecule has 2 amide bonds. The zero-order valence-corrected chi connectivity index (χ0v) is 17.7. The van der Waals surface area contributed by atoms with E-state index in [2.05, 4.69) is 15.2 Å². The number of rotatable bonds is 5. The largest absolute Gasteiger partial charge is 0.444 e. The fourth-order valence-corrected chi connectivity index (χ4v) is 4.59. The van der Waals surface area contributed by atoms with Crippen LogP contribution in [0.25, 0.3) is 0 Å². The summed E-state index contributed by atoms with van der Waals surface area (Å²) in [6, 6.07) is -0.290. The maximum absolute atomic E-state index is 12.6. The number of piperidine rings is 1. The fraction of sp³-hybridized carbons (Fsp3) is 0.706. The van der Waals surface area contributed by atoms with Crippen molar-refractivity contribution in [2.45, 2.75) is 64.0 Å². The molecule has 0 atom stereocenters. The molecular weight excluding hydrogens is 388 g/mol. The molecule has 28 heavy (non-hydrogen) atoms. The van der Waals surface area contributed by atoms with Gasteiger partial charge >= 0.3 is 6.09 Å². The van der Waals surface area contributed by atoms with Crippen LogP contribution in [0.15, 0.2) is 9.42 Å². The van der Waals surface area contributed by atoms with E-state index in [1.165, 1.54) is 0 Å². The van der Waals surface area contributed by atoms with Crippen LogP contribution in [0.3, 0.4) is 0 Å². The van der Waals surface area contributed by atoms with Crippen LogP contribution in [0.2, 0.25) is 0 Å². The van der Waals surface area contributed by atoms with Crippen molar-refractivity contribution in [1.82, 2.24) is 20.1 Å². The van der Waals surface area contributed by atoms with Gasteiger partial charge in [0.05, 0.1) is 0 Å². The number of nitrogens with zero attached hydrogens (tertiary/aromatic N) is 2. The van der Waals surface area contributed by atoms with Crippen molar-refractivity contribution in [3.05, 3.63) is 11.5 Å². The zero-order valence-electron chi connectivity index (χ0n) is 16.9. The Labute approximate surface area is 165 Å². The predicted octanol–water partition coefficient (Wildman–Crippen LogP) is 1.09. The zero-order chi connectivity index (χ0) is 21.1. The quantitative estimate of drug-likeness (QED) is 0.734. The maximum Gasteiger partial charge on any atom is 0.408 e. The van der Waals surface area contributed by atoms with Gasteiger partial charge in [-0.1, -0.05) is 5.16 Å². The Kier molecular flexibility index (Phi) is 6.71. The molecule has 2 heterocycles. The Bertz CT molecular complexity index is 800. The molecule has 0 aromatic carbocycles. The summed E-state index contributed by atoms with van der Waals surface area (Å²) >= 11 is 0. The minimum atomic E-state index is -3.74. The van der Waals surface area contributed by atoms with E-state index in [4.69, 9.17) is 9.26 Å². The summed E-state index contributed by atoms with van der Waals surface area (Å²) in [7, 11) is -3.74. The van der Waals surface area contributed by atoms with Crippen LogP contribution < -0.4 is 10.0 Å². The Morgan fingerprint density at radius 2 is 1.86 bits per heavy atom. The molecule has 0 aliphatic carbocycles. The van der Waals surface area contributed by atoms with Crippen LogP contribution in [-0.4, -0.2) is 61.8 Å². The number of sulfonamides is 1. The van der Waals surface area contributed by atoms with Crippen molar-refractivity contribution < 1.29 is 27.3 Å². The van der Waals surface area contributed by atoms with E-state index in [1.54, 1.807) is 39.5 Å². The third-order valence-corrected chi connectivity index (χ3v) is 5.95. The smallest absolute Gasteiger partial charge is 0.408 e. The second kappa shape index (κ2) is 8.48. The number of hydrogen-bond donors (Lipinski definition) is 2. The summed E-state index contributed by atoms with van der Waals surface area (Å²) in [6.07, 6.45) is 0.296. The molecule has 1 aromatic rings. The molecule has 10 nitrogen and oxygen atoms in total. The molecule has 0 radical (unpaired) electrons. The molecule has 0 unspecified atom stereocenters. The van der Waals surface area contributed by atoms with Crippen molar-refractivity contribution in [2.24, 2.45) is 0 Å². The van der Waals surface area contributed by atoms with Crippen LogP contribution in [-0.2, 0) is 19.6 Å². The first-order valence-electron chi connectivity index (χ1n) is 9.09. The molecule has 11 heteroatoms. The fourth-order valence-electron chi connectivity index (χ4n) is 2.96. The van der Waals surface area contributed by atoms with Crippen molar-refractivity contribution in [3.63, 3.8) is 0 Å². The predicted molar refractivity (Wildman–Crippen MR) is 100 cm³/mol. The van der Waals surface area contributed by atoms with Gasteiger partial charge in [0.2, 0.25) is 15.9 Å². The molecule has 158 valence electrons. The topological polar surface area (TPSA) is 131 Å². The molecule has 1 aliphatic heterocycles. The Morgan fingerprint density at radius 3 is 2.36 bits per heavy atom. The van der Waals surface area contributed by atoms with E-state index < -0.39 is 21.7 Å². The van der Waals surface area contributed by atoms with Gasteiger partial charge in [0, 0.05) is 19.1 Å². The monoisotopic (exact) mass is 416 g/mol. The van der Waals surface area contributed by atoms with Gasteiger partial charge in [-0.3, -0.25) is 4.79 Å². The van der Waals surface area contributed by atoms with Crippen LogP contribution in [0.4, 0.5) is 4.79 Å². The Balaban J connectivity index is 1.82. The molecule has 1 aromatic heterocycles. The van der Waals surface area contributed by atoms with Gasteiger partial charge in [-0.05, 0) is 47.5 Å². The number of carbonyl (C=O) groups excluding carboxylic acids is 2. The summed E-state index contributed by atoms with van der Waals surface area (Å²) in [5.74, 6) is 0.00345. The van der Waals surface area contributed by atoms with Crippen molar-refractivity contribution >= 4 is 22.0 Å². The molecule has 0 spiro atoms. The SMILES string of the molecule is Cc1noc(C)c1S(=O)(=O)NC1CCN(C(=O)CNC(=O)OC(C)(C)C)CC1. The van der Waals surface area contributed by atoms with Crippen molar-refractivity contribution in [1.29, 1.82) is 0 Å². The molecular formula is C17H28N4O6S. The third kappa shape index (κ3) is 5.93. The highest BCUT2D eigenvalue weighted by molar-refractivity contribution is 7.89. The van der Waals surface area contributed by atoms with Crippen LogP contribution in [0.1, 0.15) is 45.1 Å². The average Bonchev–Trinajstić information content (AvgIpc) is 2.91. The van der Waals surface area contributed by atoms with E-state index in [9.17, 15) is 18.0 Å². The first-order valence-corrected chi connectivity index (χ1v) is 10.6. The van der Waals surface area contributed by atoms with Gasteiger partial charge in [-0.25, -0.2) is 17.9 Å². The number of aromatic nitrogens is 1. The van der Waals surface area contributed by atoms with Crippen molar-refractivity contribution in [2.75, 3.05) is 19.6 Å². The summed E-state index contributed by atoms with van der Waals surface area (Å²) < 4.78 is 37.8. The van der Waals surface area contributed by atoms with Gasteiger partial charge in [0.25, 0.3) is 0 Å². The summed E-state index contributed by atoms with van der Waals surface area (Å²) in [6.45, 7) is 8.96. The van der Waals surface area contributed by atoms with Crippen LogP contribution >= 0.6 is 0 Å². The first-order chi connectivity index (χ1) is 12.9. The highest BCUT2D eigenvalue weighted by Crippen LogP contribution is 2.21. The van der Waals surface area contributed by atoms with Gasteiger partial charge in [-0.15, -0.1) is 0 Å². The lowest BCUT2D eigenvalue weighted by atomic mass is 10.1.